The van der Waals surface area contributed by atoms with E-state index in [2.05, 4.69) is 43.3 Å². The summed E-state index contributed by atoms with van der Waals surface area (Å²) in [6.07, 6.45) is 2.72. The number of rotatable bonds is 7. The summed E-state index contributed by atoms with van der Waals surface area (Å²) in [5.74, 6) is 0.143. The smallest absolute Gasteiger partial charge is 0.258 e. The SMILES string of the molecule is CCN(CC)S(=O)(=O)N1CCC[C@H](c2cc(Cc3ccccc3C)cc(C)n2)C1. The quantitative estimate of drug-likeness (QED) is 0.685. The summed E-state index contributed by atoms with van der Waals surface area (Å²) in [6, 6.07) is 12.8. The summed E-state index contributed by atoms with van der Waals surface area (Å²) in [7, 11) is -3.40. The van der Waals surface area contributed by atoms with Crippen molar-refractivity contribution in [1.29, 1.82) is 0 Å². The first-order valence-corrected chi connectivity index (χ1v) is 12.0. The monoisotopic (exact) mass is 415 g/mol. The third-order valence-corrected chi connectivity index (χ3v) is 8.00. The van der Waals surface area contributed by atoms with Crippen molar-refractivity contribution >= 4 is 10.2 Å². The number of pyridine rings is 1. The van der Waals surface area contributed by atoms with Crippen molar-refractivity contribution in [2.75, 3.05) is 26.2 Å². The van der Waals surface area contributed by atoms with Crippen LogP contribution in [0, 0.1) is 13.8 Å². The van der Waals surface area contributed by atoms with Crippen LogP contribution >= 0.6 is 0 Å². The second kappa shape index (κ2) is 9.37. The molecule has 158 valence electrons. The van der Waals surface area contributed by atoms with Crippen molar-refractivity contribution in [3.8, 4) is 0 Å². The molecule has 0 aliphatic carbocycles. The Hall–Kier alpha value is -1.76. The van der Waals surface area contributed by atoms with E-state index in [4.69, 9.17) is 4.98 Å². The topological polar surface area (TPSA) is 53.5 Å². The van der Waals surface area contributed by atoms with E-state index in [-0.39, 0.29) is 5.92 Å². The van der Waals surface area contributed by atoms with E-state index in [1.165, 1.54) is 16.7 Å². The molecule has 0 saturated carbocycles. The van der Waals surface area contributed by atoms with Crippen LogP contribution in [0.25, 0.3) is 0 Å². The number of nitrogens with zero attached hydrogens (tertiary/aromatic N) is 3. The minimum absolute atomic E-state index is 0.143. The number of benzene rings is 1. The van der Waals surface area contributed by atoms with E-state index in [1.54, 1.807) is 8.61 Å². The Bertz CT molecular complexity index is 939. The van der Waals surface area contributed by atoms with Crippen molar-refractivity contribution in [3.63, 3.8) is 0 Å². The van der Waals surface area contributed by atoms with Crippen LogP contribution in [0.5, 0.6) is 0 Å². The van der Waals surface area contributed by atoms with Crippen LogP contribution in [0.1, 0.15) is 60.7 Å². The van der Waals surface area contributed by atoms with Crippen molar-refractivity contribution < 1.29 is 8.42 Å². The lowest BCUT2D eigenvalue weighted by molar-refractivity contribution is 0.285. The van der Waals surface area contributed by atoms with E-state index in [0.29, 0.717) is 26.2 Å². The Morgan fingerprint density at radius 3 is 2.55 bits per heavy atom. The Kier molecular flexibility index (Phi) is 7.09. The van der Waals surface area contributed by atoms with Gasteiger partial charge in [-0.2, -0.15) is 17.0 Å². The Morgan fingerprint density at radius 1 is 1.14 bits per heavy atom. The molecule has 0 N–H and O–H groups in total. The summed E-state index contributed by atoms with van der Waals surface area (Å²) < 4.78 is 29.1. The highest BCUT2D eigenvalue weighted by Crippen LogP contribution is 2.29. The number of aryl methyl sites for hydroxylation is 2. The molecule has 0 amide bonds. The van der Waals surface area contributed by atoms with E-state index in [0.717, 1.165) is 30.7 Å². The summed E-state index contributed by atoms with van der Waals surface area (Å²) in [5, 5.41) is 0. The minimum atomic E-state index is -3.40. The molecular formula is C23H33N3O2S. The van der Waals surface area contributed by atoms with Crippen molar-refractivity contribution in [2.24, 2.45) is 0 Å². The standard InChI is InChI=1S/C23H33N3O2S/c1-5-25(6-2)29(27,28)26-13-9-12-22(17-26)23-16-20(14-19(4)24-23)15-21-11-8-7-10-18(21)3/h7-8,10-11,14,16,22H,5-6,9,12-13,15,17H2,1-4H3/t22-/m0/s1. The molecule has 0 radical (unpaired) electrons. The molecule has 1 aromatic carbocycles. The van der Waals surface area contributed by atoms with Crippen molar-refractivity contribution in [2.45, 2.75) is 52.9 Å². The lowest BCUT2D eigenvalue weighted by Crippen LogP contribution is -2.47. The molecule has 1 aliphatic rings. The third kappa shape index (κ3) is 5.05. The number of hydrogen-bond acceptors (Lipinski definition) is 3. The first-order valence-electron chi connectivity index (χ1n) is 10.6. The minimum Gasteiger partial charge on any atom is -0.258 e. The maximum Gasteiger partial charge on any atom is 0.281 e. The predicted octanol–water partition coefficient (Wildman–Crippen LogP) is 4.06. The lowest BCUT2D eigenvalue weighted by atomic mass is 9.93. The lowest BCUT2D eigenvalue weighted by Gasteiger charge is -2.35. The molecule has 2 heterocycles. The molecule has 1 aliphatic heterocycles. The zero-order valence-corrected chi connectivity index (χ0v) is 18.9. The van der Waals surface area contributed by atoms with Gasteiger partial charge < -0.3 is 0 Å². The van der Waals surface area contributed by atoms with Gasteiger partial charge in [-0.15, -0.1) is 0 Å². The maximum atomic E-state index is 13.0. The van der Waals surface area contributed by atoms with Gasteiger partial charge in [-0.25, -0.2) is 0 Å². The number of aromatic nitrogens is 1. The highest BCUT2D eigenvalue weighted by molar-refractivity contribution is 7.86. The molecule has 1 fully saturated rings. The fourth-order valence-electron chi connectivity index (χ4n) is 4.21. The van der Waals surface area contributed by atoms with Crippen LogP contribution in [0.3, 0.4) is 0 Å². The van der Waals surface area contributed by atoms with Gasteiger partial charge >= 0.3 is 0 Å². The average Bonchev–Trinajstić information content (AvgIpc) is 2.70. The van der Waals surface area contributed by atoms with E-state index < -0.39 is 10.2 Å². The van der Waals surface area contributed by atoms with Crippen LogP contribution in [0.4, 0.5) is 0 Å². The molecule has 1 aromatic heterocycles. The van der Waals surface area contributed by atoms with Crippen molar-refractivity contribution in [3.05, 3.63) is 64.5 Å². The molecule has 1 saturated heterocycles. The highest BCUT2D eigenvalue weighted by Gasteiger charge is 2.33. The first kappa shape index (κ1) is 21.9. The molecule has 0 bridgehead atoms. The van der Waals surface area contributed by atoms with Gasteiger partial charge in [0.2, 0.25) is 0 Å². The van der Waals surface area contributed by atoms with E-state index in [1.807, 2.05) is 20.8 Å². The Balaban J connectivity index is 1.83. The largest absolute Gasteiger partial charge is 0.281 e. The maximum absolute atomic E-state index is 13.0. The zero-order chi connectivity index (χ0) is 21.0. The fraction of sp³-hybridized carbons (Fsp3) is 0.522. The van der Waals surface area contributed by atoms with Crippen LogP contribution in [0.15, 0.2) is 36.4 Å². The number of piperidine rings is 1. The predicted molar refractivity (Wildman–Crippen MR) is 118 cm³/mol. The van der Waals surface area contributed by atoms with E-state index in [9.17, 15) is 8.42 Å². The van der Waals surface area contributed by atoms with Gasteiger partial charge in [0.15, 0.2) is 0 Å². The molecule has 1 atom stereocenters. The highest BCUT2D eigenvalue weighted by atomic mass is 32.2. The summed E-state index contributed by atoms with van der Waals surface area (Å²) in [4.78, 5) is 4.79. The molecule has 29 heavy (non-hydrogen) atoms. The Morgan fingerprint density at radius 2 is 1.86 bits per heavy atom. The van der Waals surface area contributed by atoms with Crippen LogP contribution in [-0.4, -0.2) is 48.2 Å². The van der Waals surface area contributed by atoms with Gasteiger partial charge in [0.05, 0.1) is 0 Å². The third-order valence-electron chi connectivity index (χ3n) is 5.85. The van der Waals surface area contributed by atoms with Crippen LogP contribution in [0.2, 0.25) is 0 Å². The second-order valence-corrected chi connectivity index (χ2v) is 9.86. The molecular weight excluding hydrogens is 382 g/mol. The average molecular weight is 416 g/mol. The summed E-state index contributed by atoms with van der Waals surface area (Å²) in [5.41, 5.74) is 5.87. The van der Waals surface area contributed by atoms with Gasteiger partial charge in [-0.05, 0) is 61.9 Å². The normalized spacial score (nSPS) is 18.3. The second-order valence-electron chi connectivity index (χ2n) is 7.93. The summed E-state index contributed by atoms with van der Waals surface area (Å²) in [6.45, 7) is 10.1. The molecule has 5 nitrogen and oxygen atoms in total. The molecule has 6 heteroatoms. The molecule has 0 unspecified atom stereocenters. The first-order chi connectivity index (χ1) is 13.8. The molecule has 3 rings (SSSR count). The van der Waals surface area contributed by atoms with Crippen LogP contribution in [-0.2, 0) is 16.6 Å². The van der Waals surface area contributed by atoms with Crippen molar-refractivity contribution in [1.82, 2.24) is 13.6 Å². The molecule has 2 aromatic rings. The van der Waals surface area contributed by atoms with Gasteiger partial charge in [-0.1, -0.05) is 38.1 Å². The zero-order valence-electron chi connectivity index (χ0n) is 18.1. The van der Waals surface area contributed by atoms with Gasteiger partial charge in [-0.3, -0.25) is 4.98 Å². The molecule has 0 spiro atoms. The van der Waals surface area contributed by atoms with Gasteiger partial charge in [0, 0.05) is 43.5 Å². The van der Waals surface area contributed by atoms with Gasteiger partial charge in [0.25, 0.3) is 10.2 Å². The Labute approximate surface area is 175 Å². The van der Waals surface area contributed by atoms with Crippen LogP contribution < -0.4 is 0 Å². The number of hydrogen-bond donors (Lipinski definition) is 0. The van der Waals surface area contributed by atoms with Gasteiger partial charge in [0.1, 0.15) is 0 Å². The fourth-order valence-corrected chi connectivity index (χ4v) is 5.92. The van der Waals surface area contributed by atoms with E-state index >= 15 is 0 Å². The summed E-state index contributed by atoms with van der Waals surface area (Å²) >= 11 is 0.